The molecule has 5 heterocycles. The zero-order valence-electron chi connectivity index (χ0n) is 20.6. The van der Waals surface area contributed by atoms with Crippen LogP contribution in [0.5, 0.6) is 0 Å². The molecule has 2 unspecified atom stereocenters. The molecule has 1 N–H and O–H groups in total. The summed E-state index contributed by atoms with van der Waals surface area (Å²) in [5.74, 6) is 2.00. The van der Waals surface area contributed by atoms with Crippen molar-refractivity contribution >= 4 is 28.8 Å². The van der Waals surface area contributed by atoms with Crippen molar-refractivity contribution in [3.05, 3.63) is 63.4 Å². The van der Waals surface area contributed by atoms with Gasteiger partial charge in [0.05, 0.1) is 24.4 Å². The summed E-state index contributed by atoms with van der Waals surface area (Å²) >= 11 is 0. The van der Waals surface area contributed by atoms with Gasteiger partial charge in [0.1, 0.15) is 6.04 Å². The van der Waals surface area contributed by atoms with Gasteiger partial charge in [0.25, 0.3) is 12.2 Å². The summed E-state index contributed by atoms with van der Waals surface area (Å²) < 4.78 is 3.36. The highest BCUT2D eigenvalue weighted by Crippen LogP contribution is 2.45. The van der Waals surface area contributed by atoms with Gasteiger partial charge in [-0.25, -0.2) is 31.3 Å². The monoisotopic (exact) mass is 513 g/mol. The molecule has 0 bridgehead atoms. The van der Waals surface area contributed by atoms with Gasteiger partial charge in [-0.2, -0.15) is 4.57 Å². The molecule has 2 fully saturated rings. The number of anilines is 2. The van der Waals surface area contributed by atoms with E-state index in [0.717, 1.165) is 29.5 Å². The standard InChI is InChI=1S/C24H23N11O3/c1-13(34-12-29-20-19(34)22(37)35(11-25-2)24(38)32(20)3)21(36)31-18-8-26-7-17(30-18)16-5-27-23(28-6-16)33-9-14-4-15(14)10-33/h5-8,12-15H,4,9-11H2,1,3H3,(H,30,31,36)/t13-,14?,15?/m0/s1. The largest absolute Gasteiger partial charge is 0.340 e. The first kappa shape index (κ1) is 23.5. The number of piperidine rings is 1. The lowest BCUT2D eigenvalue weighted by Crippen LogP contribution is -2.39. The number of aromatic nitrogens is 8. The van der Waals surface area contributed by atoms with Crippen molar-refractivity contribution in [2.45, 2.75) is 26.1 Å². The predicted molar refractivity (Wildman–Crippen MR) is 136 cm³/mol. The Balaban J connectivity index is 1.23. The number of nitrogens with zero attached hydrogens (tertiary/aromatic N) is 10. The zero-order chi connectivity index (χ0) is 26.6. The number of hydrogen-bond acceptors (Lipinski definition) is 9. The molecule has 0 spiro atoms. The number of hydrogen-bond donors (Lipinski definition) is 1. The highest BCUT2D eigenvalue weighted by Gasteiger charge is 2.45. The first-order valence-corrected chi connectivity index (χ1v) is 12.1. The van der Waals surface area contributed by atoms with Gasteiger partial charge >= 0.3 is 5.69 Å². The summed E-state index contributed by atoms with van der Waals surface area (Å²) in [5.41, 5.74) is -0.00897. The normalized spacial score (nSPS) is 18.7. The van der Waals surface area contributed by atoms with E-state index >= 15 is 0 Å². The first-order chi connectivity index (χ1) is 18.4. The third-order valence-corrected chi connectivity index (χ3v) is 7.15. The molecule has 0 radical (unpaired) electrons. The number of imidazole rings is 1. The van der Waals surface area contributed by atoms with E-state index in [-0.39, 0.29) is 17.0 Å². The second-order valence-corrected chi connectivity index (χ2v) is 9.59. The van der Waals surface area contributed by atoms with Crippen molar-refractivity contribution in [1.29, 1.82) is 0 Å². The van der Waals surface area contributed by atoms with Crippen LogP contribution >= 0.6 is 0 Å². The molecule has 4 aromatic heterocycles. The van der Waals surface area contributed by atoms with E-state index in [1.807, 2.05) is 0 Å². The highest BCUT2D eigenvalue weighted by atomic mass is 16.2. The molecule has 0 aromatic carbocycles. The highest BCUT2D eigenvalue weighted by molar-refractivity contribution is 5.93. The Morgan fingerprint density at radius 3 is 2.61 bits per heavy atom. The number of amides is 1. The number of fused-ring (bicyclic) bond motifs is 2. The van der Waals surface area contributed by atoms with Gasteiger partial charge in [0.15, 0.2) is 17.0 Å². The van der Waals surface area contributed by atoms with E-state index in [9.17, 15) is 14.4 Å². The van der Waals surface area contributed by atoms with Gasteiger partial charge in [0.2, 0.25) is 11.9 Å². The number of nitrogens with one attached hydrogen (secondary N) is 1. The van der Waals surface area contributed by atoms with Crippen LogP contribution in [0.3, 0.4) is 0 Å². The van der Waals surface area contributed by atoms with E-state index < -0.39 is 29.9 Å². The summed E-state index contributed by atoms with van der Waals surface area (Å²) in [4.78, 5) is 65.7. The minimum Gasteiger partial charge on any atom is -0.340 e. The number of carbonyl (C=O) groups excluding carboxylic acids is 1. The maximum atomic E-state index is 13.1. The molecule has 3 atom stereocenters. The van der Waals surface area contributed by atoms with Crippen LogP contribution in [-0.4, -0.2) is 57.6 Å². The van der Waals surface area contributed by atoms with Crippen LogP contribution in [0.25, 0.3) is 27.3 Å². The molecule has 2 aliphatic rings. The third kappa shape index (κ3) is 3.88. The molecular formula is C24H23N11O3. The lowest BCUT2D eigenvalue weighted by molar-refractivity contribution is -0.118. The molecule has 14 heteroatoms. The van der Waals surface area contributed by atoms with Gasteiger partial charge < -0.3 is 14.8 Å². The molecule has 1 saturated heterocycles. The fourth-order valence-corrected chi connectivity index (χ4v) is 4.88. The van der Waals surface area contributed by atoms with E-state index in [4.69, 9.17) is 6.57 Å². The van der Waals surface area contributed by atoms with Crippen LogP contribution in [0.1, 0.15) is 19.4 Å². The number of rotatable bonds is 6. The molecule has 1 saturated carbocycles. The Morgan fingerprint density at radius 1 is 1.16 bits per heavy atom. The lowest BCUT2D eigenvalue weighted by atomic mass is 10.2. The van der Waals surface area contributed by atoms with Gasteiger partial charge in [-0.05, 0) is 25.2 Å². The molecule has 38 heavy (non-hydrogen) atoms. The van der Waals surface area contributed by atoms with Crippen LogP contribution in [0.2, 0.25) is 0 Å². The fraction of sp³-hybridized carbons (Fsp3) is 0.375. The van der Waals surface area contributed by atoms with E-state index in [0.29, 0.717) is 17.2 Å². The summed E-state index contributed by atoms with van der Waals surface area (Å²) in [6, 6.07) is -0.883. The average molecular weight is 514 g/mol. The van der Waals surface area contributed by atoms with Crippen molar-refractivity contribution in [2.24, 2.45) is 18.9 Å². The van der Waals surface area contributed by atoms with Crippen LogP contribution < -0.4 is 21.5 Å². The van der Waals surface area contributed by atoms with Crippen molar-refractivity contribution in [1.82, 2.24) is 38.6 Å². The van der Waals surface area contributed by atoms with Crippen molar-refractivity contribution in [3.8, 4) is 11.3 Å². The Hall–Kier alpha value is -4.93. The molecule has 6 rings (SSSR count). The summed E-state index contributed by atoms with van der Waals surface area (Å²) in [6.45, 7) is 10.2. The number of carbonyl (C=O) groups is 1. The molecule has 1 aliphatic heterocycles. The quantitative estimate of drug-likeness (QED) is 0.367. The van der Waals surface area contributed by atoms with Gasteiger partial charge in [0, 0.05) is 38.1 Å². The fourth-order valence-electron chi connectivity index (χ4n) is 4.88. The molecule has 1 amide bonds. The Morgan fingerprint density at radius 2 is 1.89 bits per heavy atom. The number of aryl methyl sites for hydroxylation is 1. The average Bonchev–Trinajstić information content (AvgIpc) is 3.32. The predicted octanol–water partition coefficient (Wildman–Crippen LogP) is 0.676. The van der Waals surface area contributed by atoms with E-state index in [1.165, 1.54) is 35.1 Å². The minimum absolute atomic E-state index is 0.0470. The smallest absolute Gasteiger partial charge is 0.338 e. The van der Waals surface area contributed by atoms with E-state index in [2.05, 4.69) is 40.0 Å². The second-order valence-electron chi connectivity index (χ2n) is 9.59. The minimum atomic E-state index is -0.883. The zero-order valence-corrected chi connectivity index (χ0v) is 20.6. The van der Waals surface area contributed by atoms with Crippen molar-refractivity contribution in [3.63, 3.8) is 0 Å². The molecular weight excluding hydrogens is 490 g/mol. The summed E-state index contributed by atoms with van der Waals surface area (Å²) in [7, 11) is 1.46. The molecule has 4 aromatic rings. The Kier molecular flexibility index (Phi) is 5.48. The summed E-state index contributed by atoms with van der Waals surface area (Å²) in [6.07, 6.45) is 8.99. The van der Waals surface area contributed by atoms with E-state index in [1.54, 1.807) is 25.5 Å². The Bertz CT molecular complexity index is 1720. The topological polar surface area (TPSA) is 150 Å². The van der Waals surface area contributed by atoms with Gasteiger partial charge in [-0.15, -0.1) is 0 Å². The van der Waals surface area contributed by atoms with Gasteiger partial charge in [-0.3, -0.25) is 24.0 Å². The maximum absolute atomic E-state index is 13.1. The van der Waals surface area contributed by atoms with Crippen LogP contribution in [0.15, 0.2) is 40.7 Å². The Labute approximate surface area is 215 Å². The van der Waals surface area contributed by atoms with Crippen molar-refractivity contribution < 1.29 is 4.79 Å². The van der Waals surface area contributed by atoms with Crippen LogP contribution in [0, 0.1) is 18.4 Å². The lowest BCUT2D eigenvalue weighted by Gasteiger charge is -2.17. The first-order valence-electron chi connectivity index (χ1n) is 12.1. The van der Waals surface area contributed by atoms with Crippen LogP contribution in [0.4, 0.5) is 11.8 Å². The molecule has 192 valence electrons. The second kappa shape index (κ2) is 8.87. The van der Waals surface area contributed by atoms with Crippen molar-refractivity contribution in [2.75, 3.05) is 23.3 Å². The molecule has 14 nitrogen and oxygen atoms in total. The summed E-state index contributed by atoms with van der Waals surface area (Å²) in [5, 5.41) is 2.72. The van der Waals surface area contributed by atoms with Gasteiger partial charge in [-0.1, -0.05) is 0 Å². The van der Waals surface area contributed by atoms with Crippen LogP contribution in [-0.2, 0) is 18.5 Å². The molecule has 1 aliphatic carbocycles. The SMILES string of the molecule is [C-]#[N+]Cn1c(=O)c2c(ncn2[C@@H](C)C(=O)Nc2cncc(-c3cnc(N4CC5CC5C4)nc3)n2)n(C)c1=O. The maximum Gasteiger partial charge on any atom is 0.338 e. The third-order valence-electron chi connectivity index (χ3n) is 7.15.